The van der Waals surface area contributed by atoms with Crippen molar-refractivity contribution in [1.82, 2.24) is 15.3 Å². The van der Waals surface area contributed by atoms with Crippen LogP contribution >= 0.6 is 0 Å². The Balaban J connectivity index is 2.36. The van der Waals surface area contributed by atoms with Crippen molar-refractivity contribution in [3.8, 4) is 0 Å². The third-order valence-corrected chi connectivity index (χ3v) is 2.83. The molecule has 0 aliphatic heterocycles. The van der Waals surface area contributed by atoms with E-state index in [0.29, 0.717) is 6.04 Å². The predicted octanol–water partition coefficient (Wildman–Crippen LogP) is 3.26. The van der Waals surface area contributed by atoms with E-state index >= 15 is 0 Å². The van der Waals surface area contributed by atoms with E-state index in [0.717, 1.165) is 19.4 Å². The maximum absolute atomic E-state index is 4.08. The monoisotopic (exact) mass is 233 g/mol. The van der Waals surface area contributed by atoms with Crippen molar-refractivity contribution in [3.05, 3.63) is 36.9 Å². The zero-order valence-corrected chi connectivity index (χ0v) is 10.7. The van der Waals surface area contributed by atoms with Gasteiger partial charge in [-0.15, -0.1) is 6.58 Å². The standard InChI is InChI=1S/C14H23N3/c1-3-5-6-7-8-9-14(17-4-2)13-10-15-12-16-11-13/h3,10-12,14,17H,1,4-9H2,2H3. The fourth-order valence-electron chi connectivity index (χ4n) is 1.94. The van der Waals surface area contributed by atoms with Gasteiger partial charge >= 0.3 is 0 Å². The second-order valence-electron chi connectivity index (χ2n) is 4.21. The lowest BCUT2D eigenvalue weighted by molar-refractivity contribution is 0.481. The van der Waals surface area contributed by atoms with Crippen molar-refractivity contribution < 1.29 is 0 Å². The van der Waals surface area contributed by atoms with Gasteiger partial charge in [-0.25, -0.2) is 9.97 Å². The third kappa shape index (κ3) is 5.59. The van der Waals surface area contributed by atoms with E-state index in [1.807, 2.05) is 18.5 Å². The number of unbranched alkanes of at least 4 members (excludes halogenated alkanes) is 3. The Kier molecular flexibility index (Phi) is 7.23. The first-order valence-electron chi connectivity index (χ1n) is 6.47. The number of allylic oxidation sites excluding steroid dienone is 1. The molecule has 3 nitrogen and oxygen atoms in total. The summed E-state index contributed by atoms with van der Waals surface area (Å²) < 4.78 is 0. The van der Waals surface area contributed by atoms with Crippen LogP contribution < -0.4 is 5.32 Å². The second kappa shape index (κ2) is 8.88. The van der Waals surface area contributed by atoms with Crippen molar-refractivity contribution >= 4 is 0 Å². The van der Waals surface area contributed by atoms with Gasteiger partial charge in [-0.1, -0.05) is 25.8 Å². The summed E-state index contributed by atoms with van der Waals surface area (Å²) in [5.74, 6) is 0. The summed E-state index contributed by atoms with van der Waals surface area (Å²) in [7, 11) is 0. The lowest BCUT2D eigenvalue weighted by Crippen LogP contribution is -2.21. The van der Waals surface area contributed by atoms with Crippen molar-refractivity contribution in [2.75, 3.05) is 6.54 Å². The summed E-state index contributed by atoms with van der Waals surface area (Å²) in [4.78, 5) is 8.16. The molecule has 1 unspecified atom stereocenters. The molecule has 0 bridgehead atoms. The minimum atomic E-state index is 0.393. The summed E-state index contributed by atoms with van der Waals surface area (Å²) in [6.07, 6.45) is 13.4. The van der Waals surface area contributed by atoms with Gasteiger partial charge in [-0.05, 0) is 25.8 Å². The van der Waals surface area contributed by atoms with Crippen LogP contribution in [-0.4, -0.2) is 16.5 Å². The molecule has 0 radical (unpaired) electrons. The molecule has 0 spiro atoms. The molecule has 1 aromatic rings. The van der Waals surface area contributed by atoms with Crippen LogP contribution in [0.5, 0.6) is 0 Å². The fourth-order valence-corrected chi connectivity index (χ4v) is 1.94. The van der Waals surface area contributed by atoms with Crippen LogP contribution in [0, 0.1) is 0 Å². The maximum Gasteiger partial charge on any atom is 0.115 e. The molecule has 0 amide bonds. The van der Waals surface area contributed by atoms with E-state index < -0.39 is 0 Å². The summed E-state index contributed by atoms with van der Waals surface area (Å²) in [5.41, 5.74) is 1.19. The highest BCUT2D eigenvalue weighted by molar-refractivity contribution is 5.08. The Hall–Kier alpha value is -1.22. The molecule has 0 aliphatic carbocycles. The van der Waals surface area contributed by atoms with Crippen LogP contribution in [0.3, 0.4) is 0 Å². The number of nitrogens with zero attached hydrogens (tertiary/aromatic N) is 2. The number of nitrogens with one attached hydrogen (secondary N) is 1. The average molecular weight is 233 g/mol. The van der Waals surface area contributed by atoms with Gasteiger partial charge in [-0.2, -0.15) is 0 Å². The highest BCUT2D eigenvalue weighted by Crippen LogP contribution is 2.18. The van der Waals surface area contributed by atoms with Crippen molar-refractivity contribution in [3.63, 3.8) is 0 Å². The van der Waals surface area contributed by atoms with E-state index in [4.69, 9.17) is 0 Å². The van der Waals surface area contributed by atoms with Gasteiger partial charge in [0.25, 0.3) is 0 Å². The lowest BCUT2D eigenvalue weighted by Gasteiger charge is -2.17. The molecular formula is C14H23N3. The molecule has 0 saturated heterocycles. The van der Waals surface area contributed by atoms with E-state index in [1.165, 1.54) is 24.8 Å². The molecular weight excluding hydrogens is 210 g/mol. The average Bonchev–Trinajstić information content (AvgIpc) is 2.38. The highest BCUT2D eigenvalue weighted by atomic mass is 14.9. The number of aromatic nitrogens is 2. The topological polar surface area (TPSA) is 37.8 Å². The van der Waals surface area contributed by atoms with Crippen LogP contribution in [0.2, 0.25) is 0 Å². The van der Waals surface area contributed by atoms with Gasteiger partial charge in [0.15, 0.2) is 0 Å². The normalized spacial score (nSPS) is 12.3. The lowest BCUT2D eigenvalue weighted by atomic mass is 10.0. The van der Waals surface area contributed by atoms with Gasteiger partial charge in [0.1, 0.15) is 6.33 Å². The van der Waals surface area contributed by atoms with Crippen molar-refractivity contribution in [1.29, 1.82) is 0 Å². The van der Waals surface area contributed by atoms with Crippen LogP contribution in [0.15, 0.2) is 31.4 Å². The molecule has 1 N–H and O–H groups in total. The van der Waals surface area contributed by atoms with Gasteiger partial charge < -0.3 is 5.32 Å². The summed E-state index contributed by atoms with van der Waals surface area (Å²) in [6.45, 7) is 6.85. The molecule has 0 aliphatic rings. The van der Waals surface area contributed by atoms with Gasteiger partial charge in [-0.3, -0.25) is 0 Å². The molecule has 0 aromatic carbocycles. The van der Waals surface area contributed by atoms with E-state index in [1.54, 1.807) is 6.33 Å². The third-order valence-electron chi connectivity index (χ3n) is 2.83. The Morgan fingerprint density at radius 3 is 2.71 bits per heavy atom. The SMILES string of the molecule is C=CCCCCCC(NCC)c1cncnc1. The van der Waals surface area contributed by atoms with Gasteiger partial charge in [0.05, 0.1) is 0 Å². The molecule has 94 valence electrons. The Morgan fingerprint density at radius 1 is 1.29 bits per heavy atom. The number of hydrogen-bond acceptors (Lipinski definition) is 3. The smallest absolute Gasteiger partial charge is 0.115 e. The molecule has 1 rings (SSSR count). The summed E-state index contributed by atoms with van der Waals surface area (Å²) in [6, 6.07) is 0.393. The minimum Gasteiger partial charge on any atom is -0.310 e. The maximum atomic E-state index is 4.08. The molecule has 1 aromatic heterocycles. The van der Waals surface area contributed by atoms with E-state index in [9.17, 15) is 0 Å². The first-order chi connectivity index (χ1) is 8.38. The first-order valence-corrected chi connectivity index (χ1v) is 6.47. The predicted molar refractivity (Wildman–Crippen MR) is 71.7 cm³/mol. The molecule has 1 heterocycles. The zero-order chi connectivity index (χ0) is 12.3. The van der Waals surface area contributed by atoms with E-state index in [-0.39, 0.29) is 0 Å². The molecule has 17 heavy (non-hydrogen) atoms. The fraction of sp³-hybridized carbons (Fsp3) is 0.571. The summed E-state index contributed by atoms with van der Waals surface area (Å²) in [5, 5.41) is 3.49. The summed E-state index contributed by atoms with van der Waals surface area (Å²) >= 11 is 0. The Labute approximate surface area is 104 Å². The zero-order valence-electron chi connectivity index (χ0n) is 10.7. The van der Waals surface area contributed by atoms with Crippen molar-refractivity contribution in [2.24, 2.45) is 0 Å². The molecule has 0 fully saturated rings. The van der Waals surface area contributed by atoms with Crippen LogP contribution in [0.4, 0.5) is 0 Å². The van der Waals surface area contributed by atoms with E-state index in [2.05, 4.69) is 28.8 Å². The molecule has 3 heteroatoms. The minimum absolute atomic E-state index is 0.393. The molecule has 0 saturated carbocycles. The molecule has 1 atom stereocenters. The largest absolute Gasteiger partial charge is 0.310 e. The Bertz CT molecular complexity index is 298. The van der Waals surface area contributed by atoms with Crippen molar-refractivity contribution in [2.45, 2.75) is 45.1 Å². The van der Waals surface area contributed by atoms with Crippen LogP contribution in [-0.2, 0) is 0 Å². The number of hydrogen-bond donors (Lipinski definition) is 1. The highest BCUT2D eigenvalue weighted by Gasteiger charge is 2.09. The van der Waals surface area contributed by atoms with Crippen LogP contribution in [0.25, 0.3) is 0 Å². The number of rotatable bonds is 9. The first kappa shape index (κ1) is 13.8. The second-order valence-corrected chi connectivity index (χ2v) is 4.21. The Morgan fingerprint density at radius 2 is 2.06 bits per heavy atom. The quantitative estimate of drug-likeness (QED) is 0.525. The van der Waals surface area contributed by atoms with Gasteiger partial charge in [0, 0.05) is 24.0 Å². The van der Waals surface area contributed by atoms with Crippen LogP contribution in [0.1, 0.15) is 50.6 Å². The van der Waals surface area contributed by atoms with Gasteiger partial charge in [0.2, 0.25) is 0 Å².